The zero-order valence-corrected chi connectivity index (χ0v) is 22.0. The molecule has 8 heteroatoms. The van der Waals surface area contributed by atoms with Gasteiger partial charge in [0.25, 0.3) is 5.91 Å². The molecule has 4 rings (SSSR count). The van der Waals surface area contributed by atoms with E-state index in [1.807, 2.05) is 51.1 Å². The van der Waals surface area contributed by atoms with Gasteiger partial charge in [0.1, 0.15) is 12.4 Å². The molecule has 1 unspecified atom stereocenters. The van der Waals surface area contributed by atoms with Crippen LogP contribution in [-0.4, -0.2) is 78.3 Å². The molecule has 0 aliphatic carbocycles. The smallest absolute Gasteiger partial charge is 0.262 e. The number of carbonyl (C=O) groups excluding carboxylic acids is 2. The van der Waals surface area contributed by atoms with Gasteiger partial charge in [0, 0.05) is 44.6 Å². The maximum absolute atomic E-state index is 14.6. The third-order valence-electron chi connectivity index (χ3n) is 6.69. The van der Waals surface area contributed by atoms with Crippen LogP contribution in [0.15, 0.2) is 59.7 Å². The quantitative estimate of drug-likeness (QED) is 0.539. The predicted octanol–water partition coefficient (Wildman–Crippen LogP) is 4.10. The Balaban J connectivity index is 1.56. The summed E-state index contributed by atoms with van der Waals surface area (Å²) in [6.45, 7) is 10.1. The SMILES string of the molecule is CC(C)(C)CC(=O)N(CCN1CCOCC1)CC(=O)N1N=C(c2ccccc2F)CC1c1ccccc1. The Morgan fingerprint density at radius 1 is 1.05 bits per heavy atom. The van der Waals surface area contributed by atoms with Crippen molar-refractivity contribution in [3.05, 3.63) is 71.5 Å². The van der Waals surface area contributed by atoms with Gasteiger partial charge in [-0.2, -0.15) is 5.10 Å². The van der Waals surface area contributed by atoms with E-state index in [1.54, 1.807) is 23.1 Å². The normalized spacial score (nSPS) is 18.5. The molecule has 0 N–H and O–H groups in total. The summed E-state index contributed by atoms with van der Waals surface area (Å²) in [4.78, 5) is 30.9. The summed E-state index contributed by atoms with van der Waals surface area (Å²) >= 11 is 0. The van der Waals surface area contributed by atoms with Crippen molar-refractivity contribution in [2.45, 2.75) is 39.7 Å². The molecule has 0 spiro atoms. The summed E-state index contributed by atoms with van der Waals surface area (Å²) in [5, 5.41) is 6.06. The van der Waals surface area contributed by atoms with E-state index < -0.39 is 0 Å². The van der Waals surface area contributed by atoms with Crippen LogP contribution in [0.25, 0.3) is 0 Å². The Bertz CT molecular complexity index is 1110. The lowest BCUT2D eigenvalue weighted by molar-refractivity contribution is -0.142. The van der Waals surface area contributed by atoms with Crippen molar-refractivity contribution in [3.8, 4) is 0 Å². The van der Waals surface area contributed by atoms with E-state index in [0.717, 1.165) is 18.7 Å². The average molecular weight is 509 g/mol. The standard InChI is InChI=1S/C29H37FN4O3/c1-29(2,3)20-27(35)33(14-13-32-15-17-37-18-16-32)21-28(36)34-26(22-9-5-4-6-10-22)19-25(31-34)23-11-7-8-12-24(23)30/h4-12,26H,13-21H2,1-3H3. The van der Waals surface area contributed by atoms with E-state index in [1.165, 1.54) is 11.1 Å². The van der Waals surface area contributed by atoms with Crippen molar-refractivity contribution in [3.63, 3.8) is 0 Å². The second-order valence-electron chi connectivity index (χ2n) is 10.9. The number of ether oxygens (including phenoxy) is 1. The van der Waals surface area contributed by atoms with Crippen molar-refractivity contribution in [2.24, 2.45) is 10.5 Å². The maximum Gasteiger partial charge on any atom is 0.262 e. The van der Waals surface area contributed by atoms with Crippen molar-refractivity contribution in [1.29, 1.82) is 0 Å². The Morgan fingerprint density at radius 3 is 2.41 bits per heavy atom. The number of rotatable bonds is 8. The summed E-state index contributed by atoms with van der Waals surface area (Å²) in [6, 6.07) is 15.8. The first-order chi connectivity index (χ1) is 17.7. The number of hydrogen-bond donors (Lipinski definition) is 0. The van der Waals surface area contributed by atoms with E-state index in [4.69, 9.17) is 4.74 Å². The Labute approximate surface area is 218 Å². The van der Waals surface area contributed by atoms with Gasteiger partial charge < -0.3 is 9.64 Å². The van der Waals surface area contributed by atoms with Crippen LogP contribution in [0.3, 0.4) is 0 Å². The molecule has 1 saturated heterocycles. The van der Waals surface area contributed by atoms with Crippen molar-refractivity contribution in [2.75, 3.05) is 45.9 Å². The van der Waals surface area contributed by atoms with Crippen LogP contribution < -0.4 is 0 Å². The van der Waals surface area contributed by atoms with Crippen LogP contribution in [-0.2, 0) is 14.3 Å². The number of nitrogens with zero attached hydrogens (tertiary/aromatic N) is 4. The van der Waals surface area contributed by atoms with Gasteiger partial charge in [0.2, 0.25) is 5.91 Å². The number of amides is 2. The zero-order chi connectivity index (χ0) is 26.4. The molecular weight excluding hydrogens is 471 g/mol. The summed E-state index contributed by atoms with van der Waals surface area (Å²) in [5.41, 5.74) is 1.65. The monoisotopic (exact) mass is 508 g/mol. The van der Waals surface area contributed by atoms with E-state index in [2.05, 4.69) is 10.0 Å². The first-order valence-corrected chi connectivity index (χ1v) is 13.0. The Hall–Kier alpha value is -3.10. The summed E-state index contributed by atoms with van der Waals surface area (Å²) in [5.74, 6) is -0.692. The van der Waals surface area contributed by atoms with Gasteiger partial charge in [-0.3, -0.25) is 14.5 Å². The third kappa shape index (κ3) is 7.23. The van der Waals surface area contributed by atoms with Crippen molar-refractivity contribution in [1.82, 2.24) is 14.8 Å². The number of hydrazone groups is 1. The summed E-state index contributed by atoms with van der Waals surface area (Å²) < 4.78 is 20.0. The highest BCUT2D eigenvalue weighted by molar-refractivity contribution is 6.03. The molecule has 1 fully saturated rings. The van der Waals surface area contributed by atoms with E-state index in [9.17, 15) is 14.0 Å². The molecule has 0 radical (unpaired) electrons. The lowest BCUT2D eigenvalue weighted by atomic mass is 9.91. The lowest BCUT2D eigenvalue weighted by Crippen LogP contribution is -2.47. The third-order valence-corrected chi connectivity index (χ3v) is 6.69. The molecule has 2 heterocycles. The predicted molar refractivity (Wildman–Crippen MR) is 141 cm³/mol. The zero-order valence-electron chi connectivity index (χ0n) is 22.0. The average Bonchev–Trinajstić information content (AvgIpc) is 3.32. The Morgan fingerprint density at radius 2 is 1.73 bits per heavy atom. The lowest BCUT2D eigenvalue weighted by Gasteiger charge is -2.32. The highest BCUT2D eigenvalue weighted by atomic mass is 19.1. The van der Waals surface area contributed by atoms with Crippen LogP contribution in [0, 0.1) is 11.2 Å². The summed E-state index contributed by atoms with van der Waals surface area (Å²) in [6.07, 6.45) is 0.746. The molecule has 2 aliphatic heterocycles. The number of benzene rings is 2. The maximum atomic E-state index is 14.6. The molecule has 198 valence electrons. The van der Waals surface area contributed by atoms with Gasteiger partial charge in [-0.15, -0.1) is 0 Å². The van der Waals surface area contributed by atoms with Crippen LogP contribution in [0.2, 0.25) is 0 Å². The largest absolute Gasteiger partial charge is 0.379 e. The molecule has 0 bridgehead atoms. The molecule has 0 aromatic heterocycles. The first kappa shape index (κ1) is 26.9. The molecule has 2 aromatic rings. The summed E-state index contributed by atoms with van der Waals surface area (Å²) in [7, 11) is 0. The van der Waals surface area contributed by atoms with Crippen LogP contribution in [0.5, 0.6) is 0 Å². The molecule has 1 atom stereocenters. The van der Waals surface area contributed by atoms with Gasteiger partial charge in [0.15, 0.2) is 0 Å². The Kier molecular flexibility index (Phi) is 8.71. The molecule has 2 aromatic carbocycles. The fourth-order valence-corrected chi connectivity index (χ4v) is 4.71. The molecule has 7 nitrogen and oxygen atoms in total. The van der Waals surface area contributed by atoms with Crippen molar-refractivity contribution < 1.29 is 18.7 Å². The van der Waals surface area contributed by atoms with Crippen LogP contribution in [0.1, 0.15) is 50.8 Å². The van der Waals surface area contributed by atoms with E-state index in [-0.39, 0.29) is 35.6 Å². The molecule has 37 heavy (non-hydrogen) atoms. The number of hydrogen-bond acceptors (Lipinski definition) is 5. The van der Waals surface area contributed by atoms with Gasteiger partial charge in [-0.1, -0.05) is 69.3 Å². The second kappa shape index (κ2) is 12.0. The van der Waals surface area contributed by atoms with Gasteiger partial charge in [-0.25, -0.2) is 9.40 Å². The van der Waals surface area contributed by atoms with Gasteiger partial charge in [0.05, 0.1) is 25.0 Å². The number of halogens is 1. The van der Waals surface area contributed by atoms with Crippen LogP contribution in [0.4, 0.5) is 4.39 Å². The first-order valence-electron chi connectivity index (χ1n) is 13.0. The van der Waals surface area contributed by atoms with Crippen LogP contribution >= 0.6 is 0 Å². The molecule has 0 saturated carbocycles. The van der Waals surface area contributed by atoms with Gasteiger partial charge in [-0.05, 0) is 17.0 Å². The number of morpholine rings is 1. The highest BCUT2D eigenvalue weighted by Gasteiger charge is 2.35. The van der Waals surface area contributed by atoms with E-state index in [0.29, 0.717) is 50.4 Å². The minimum absolute atomic E-state index is 0.0529. The van der Waals surface area contributed by atoms with Crippen molar-refractivity contribution >= 4 is 17.5 Å². The minimum atomic E-state index is -0.366. The molecule has 2 aliphatic rings. The van der Waals surface area contributed by atoms with Gasteiger partial charge >= 0.3 is 0 Å². The minimum Gasteiger partial charge on any atom is -0.379 e. The molecule has 2 amide bonds. The molecular formula is C29H37FN4O3. The number of carbonyl (C=O) groups is 2. The topological polar surface area (TPSA) is 65.5 Å². The van der Waals surface area contributed by atoms with E-state index >= 15 is 0 Å². The highest BCUT2D eigenvalue weighted by Crippen LogP contribution is 2.33. The fourth-order valence-electron chi connectivity index (χ4n) is 4.71. The fraction of sp³-hybridized carbons (Fsp3) is 0.483. The second-order valence-corrected chi connectivity index (χ2v) is 10.9.